The van der Waals surface area contributed by atoms with Gasteiger partial charge < -0.3 is 9.88 Å². The SMILES string of the molecule is Cn1ccnc1[C@H](NC(=O)CCn1cnc2ccccc2c1=O)c1ccccc1. The molecule has 2 aromatic heterocycles. The van der Waals surface area contributed by atoms with Gasteiger partial charge in [0.2, 0.25) is 5.91 Å². The van der Waals surface area contributed by atoms with Crippen molar-refractivity contribution in [2.24, 2.45) is 7.05 Å². The van der Waals surface area contributed by atoms with Crippen LogP contribution in [0.15, 0.2) is 78.1 Å². The topological polar surface area (TPSA) is 81.8 Å². The molecule has 0 aliphatic carbocycles. The summed E-state index contributed by atoms with van der Waals surface area (Å²) in [5, 5.41) is 3.59. The molecule has 4 rings (SSSR count). The molecule has 0 unspecified atom stereocenters. The second-order valence-corrected chi connectivity index (χ2v) is 6.82. The predicted octanol–water partition coefficient (Wildman–Crippen LogP) is 2.43. The standard InChI is InChI=1S/C22H21N5O2/c1-26-14-12-23-21(26)20(16-7-3-2-4-8-16)25-19(28)11-13-27-15-24-18-10-6-5-9-17(18)22(27)29/h2-10,12,14-15,20H,11,13H2,1H3,(H,25,28)/t20-/m1/s1. The summed E-state index contributed by atoms with van der Waals surface area (Å²) < 4.78 is 3.36. The van der Waals surface area contributed by atoms with Gasteiger partial charge in [0.15, 0.2) is 0 Å². The van der Waals surface area contributed by atoms with Crippen LogP contribution in [0.25, 0.3) is 10.9 Å². The van der Waals surface area contributed by atoms with Gasteiger partial charge in [0, 0.05) is 32.4 Å². The molecule has 4 aromatic rings. The van der Waals surface area contributed by atoms with Crippen molar-refractivity contribution in [2.45, 2.75) is 19.0 Å². The van der Waals surface area contributed by atoms with Gasteiger partial charge >= 0.3 is 0 Å². The van der Waals surface area contributed by atoms with E-state index >= 15 is 0 Å². The summed E-state index contributed by atoms with van der Waals surface area (Å²) in [5.41, 5.74) is 1.45. The highest BCUT2D eigenvalue weighted by Crippen LogP contribution is 2.20. The minimum atomic E-state index is -0.366. The first-order chi connectivity index (χ1) is 14.1. The lowest BCUT2D eigenvalue weighted by Crippen LogP contribution is -2.32. The highest BCUT2D eigenvalue weighted by molar-refractivity contribution is 5.78. The summed E-state index contributed by atoms with van der Waals surface area (Å²) in [7, 11) is 1.89. The quantitative estimate of drug-likeness (QED) is 0.551. The molecule has 29 heavy (non-hydrogen) atoms. The van der Waals surface area contributed by atoms with Crippen LogP contribution in [0.2, 0.25) is 0 Å². The van der Waals surface area contributed by atoms with Crippen molar-refractivity contribution in [2.75, 3.05) is 0 Å². The third-order valence-corrected chi connectivity index (χ3v) is 4.87. The summed E-state index contributed by atoms with van der Waals surface area (Å²) in [4.78, 5) is 34.0. The number of amides is 1. The first-order valence-electron chi connectivity index (χ1n) is 9.39. The molecule has 0 saturated heterocycles. The Bertz CT molecular complexity index is 1200. The van der Waals surface area contributed by atoms with Gasteiger partial charge in [-0.1, -0.05) is 42.5 Å². The number of rotatable bonds is 6. The molecule has 2 heterocycles. The molecule has 0 radical (unpaired) electrons. The van der Waals surface area contributed by atoms with Crippen LogP contribution in [0.3, 0.4) is 0 Å². The summed E-state index contributed by atoms with van der Waals surface area (Å²) in [5.74, 6) is 0.580. The third kappa shape index (κ3) is 3.94. The van der Waals surface area contributed by atoms with E-state index in [1.165, 1.54) is 10.9 Å². The first-order valence-corrected chi connectivity index (χ1v) is 9.39. The molecule has 0 saturated carbocycles. The van der Waals surface area contributed by atoms with Gasteiger partial charge in [-0.25, -0.2) is 9.97 Å². The average molecular weight is 387 g/mol. The predicted molar refractivity (Wildman–Crippen MR) is 110 cm³/mol. The minimum Gasteiger partial charge on any atom is -0.342 e. The summed E-state index contributed by atoms with van der Waals surface area (Å²) in [6.45, 7) is 0.255. The highest BCUT2D eigenvalue weighted by Gasteiger charge is 2.20. The molecule has 1 amide bonds. The Morgan fingerprint density at radius 2 is 1.83 bits per heavy atom. The van der Waals surface area contributed by atoms with Crippen molar-refractivity contribution in [3.63, 3.8) is 0 Å². The van der Waals surface area contributed by atoms with Gasteiger partial charge in [-0.15, -0.1) is 0 Å². The number of aromatic nitrogens is 4. The van der Waals surface area contributed by atoms with Crippen LogP contribution in [0.5, 0.6) is 0 Å². The van der Waals surface area contributed by atoms with Crippen LogP contribution in [-0.2, 0) is 18.4 Å². The van der Waals surface area contributed by atoms with Gasteiger partial charge in [0.25, 0.3) is 5.56 Å². The smallest absolute Gasteiger partial charge is 0.261 e. The normalized spacial score (nSPS) is 12.0. The number of carbonyl (C=O) groups excluding carboxylic acids is 1. The maximum absolute atomic E-state index is 12.7. The van der Waals surface area contributed by atoms with Crippen molar-refractivity contribution >= 4 is 16.8 Å². The van der Waals surface area contributed by atoms with Crippen molar-refractivity contribution in [1.82, 2.24) is 24.4 Å². The number of nitrogens with one attached hydrogen (secondary N) is 1. The van der Waals surface area contributed by atoms with E-state index in [0.717, 1.165) is 11.4 Å². The Morgan fingerprint density at radius 3 is 2.59 bits per heavy atom. The first kappa shape index (κ1) is 18.6. The molecule has 146 valence electrons. The van der Waals surface area contributed by atoms with Gasteiger partial charge in [-0.05, 0) is 17.7 Å². The number of benzene rings is 2. The second kappa shape index (κ2) is 8.10. The third-order valence-electron chi connectivity index (χ3n) is 4.87. The zero-order valence-corrected chi connectivity index (χ0v) is 16.0. The zero-order chi connectivity index (χ0) is 20.2. The van der Waals surface area contributed by atoms with Crippen molar-refractivity contribution < 1.29 is 4.79 Å². The van der Waals surface area contributed by atoms with E-state index in [1.54, 1.807) is 24.4 Å². The number of aryl methyl sites for hydroxylation is 2. The summed E-state index contributed by atoms with van der Waals surface area (Å²) >= 11 is 0. The Hall–Kier alpha value is -3.74. The van der Waals surface area contributed by atoms with E-state index in [-0.39, 0.29) is 30.5 Å². The van der Waals surface area contributed by atoms with Crippen LogP contribution >= 0.6 is 0 Å². The average Bonchev–Trinajstić information content (AvgIpc) is 3.18. The Kier molecular flexibility index (Phi) is 5.20. The number of fused-ring (bicyclic) bond motifs is 1. The van der Waals surface area contributed by atoms with E-state index in [9.17, 15) is 9.59 Å². The van der Waals surface area contributed by atoms with E-state index < -0.39 is 0 Å². The molecule has 0 bridgehead atoms. The van der Waals surface area contributed by atoms with Gasteiger partial charge in [-0.3, -0.25) is 14.2 Å². The van der Waals surface area contributed by atoms with Crippen LogP contribution in [0.1, 0.15) is 23.9 Å². The fourth-order valence-corrected chi connectivity index (χ4v) is 3.32. The lowest BCUT2D eigenvalue weighted by Gasteiger charge is -2.19. The van der Waals surface area contributed by atoms with E-state index in [4.69, 9.17) is 0 Å². The van der Waals surface area contributed by atoms with Crippen LogP contribution in [-0.4, -0.2) is 25.0 Å². The number of nitrogens with zero attached hydrogens (tertiary/aromatic N) is 4. The van der Waals surface area contributed by atoms with E-state index in [1.807, 2.05) is 54.2 Å². The van der Waals surface area contributed by atoms with Crippen molar-refractivity contribution in [3.8, 4) is 0 Å². The molecule has 0 fully saturated rings. The largest absolute Gasteiger partial charge is 0.342 e. The Morgan fingerprint density at radius 1 is 1.07 bits per heavy atom. The number of carbonyl (C=O) groups is 1. The number of hydrogen-bond acceptors (Lipinski definition) is 4. The highest BCUT2D eigenvalue weighted by atomic mass is 16.2. The number of imidazole rings is 1. The molecule has 0 aliphatic rings. The Balaban J connectivity index is 1.51. The number of hydrogen-bond donors (Lipinski definition) is 1. The Labute approximate surface area is 167 Å². The molecular formula is C22H21N5O2. The lowest BCUT2D eigenvalue weighted by atomic mass is 10.1. The fraction of sp³-hybridized carbons (Fsp3) is 0.182. The molecule has 0 spiro atoms. The molecule has 7 nitrogen and oxygen atoms in total. The molecule has 7 heteroatoms. The molecular weight excluding hydrogens is 366 g/mol. The minimum absolute atomic E-state index is 0.146. The number of para-hydroxylation sites is 1. The molecule has 2 aromatic carbocycles. The second-order valence-electron chi connectivity index (χ2n) is 6.82. The lowest BCUT2D eigenvalue weighted by molar-refractivity contribution is -0.121. The summed E-state index contributed by atoms with van der Waals surface area (Å²) in [6.07, 6.45) is 5.20. The van der Waals surface area contributed by atoms with Crippen LogP contribution in [0, 0.1) is 0 Å². The van der Waals surface area contributed by atoms with Crippen LogP contribution < -0.4 is 10.9 Å². The fourth-order valence-electron chi connectivity index (χ4n) is 3.32. The van der Waals surface area contributed by atoms with Gasteiger partial charge in [-0.2, -0.15) is 0 Å². The molecule has 1 atom stereocenters. The van der Waals surface area contributed by atoms with Crippen molar-refractivity contribution in [1.29, 1.82) is 0 Å². The molecule has 0 aliphatic heterocycles. The van der Waals surface area contributed by atoms with E-state index in [2.05, 4.69) is 15.3 Å². The van der Waals surface area contributed by atoms with Crippen LogP contribution in [0.4, 0.5) is 0 Å². The monoisotopic (exact) mass is 387 g/mol. The van der Waals surface area contributed by atoms with Gasteiger partial charge in [0.1, 0.15) is 11.9 Å². The molecule has 1 N–H and O–H groups in total. The summed E-state index contributed by atoms with van der Waals surface area (Å²) in [6, 6.07) is 16.5. The maximum atomic E-state index is 12.7. The maximum Gasteiger partial charge on any atom is 0.261 e. The van der Waals surface area contributed by atoms with Crippen molar-refractivity contribution in [3.05, 3.63) is 95.1 Å². The van der Waals surface area contributed by atoms with Gasteiger partial charge in [0.05, 0.1) is 17.2 Å². The zero-order valence-electron chi connectivity index (χ0n) is 16.0. The van der Waals surface area contributed by atoms with E-state index in [0.29, 0.717) is 10.9 Å².